The van der Waals surface area contributed by atoms with E-state index in [-0.39, 0.29) is 11.6 Å². The molecule has 4 heterocycles. The molecule has 0 amide bonds. The number of nitrogens with one attached hydrogen (secondary N) is 1. The average molecular weight is 469 g/mol. The summed E-state index contributed by atoms with van der Waals surface area (Å²) in [6.07, 6.45) is 8.10. The van der Waals surface area contributed by atoms with Crippen LogP contribution in [0.15, 0.2) is 53.7 Å². The first kappa shape index (κ1) is 21.1. The van der Waals surface area contributed by atoms with Gasteiger partial charge in [0, 0.05) is 53.4 Å². The number of H-pyrrole nitrogens is 1. The Hall–Kier alpha value is -2.74. The van der Waals surface area contributed by atoms with E-state index in [1.54, 1.807) is 24.7 Å². The highest BCUT2D eigenvalue weighted by Gasteiger charge is 2.25. The van der Waals surface area contributed by atoms with Crippen LogP contribution in [0.2, 0.25) is 10.2 Å². The van der Waals surface area contributed by atoms with Crippen molar-refractivity contribution in [1.29, 1.82) is 0 Å². The zero-order chi connectivity index (χ0) is 22.1. The molecule has 1 saturated heterocycles. The van der Waals surface area contributed by atoms with Gasteiger partial charge >= 0.3 is 5.69 Å². The van der Waals surface area contributed by atoms with Crippen LogP contribution in [0.3, 0.4) is 0 Å². The first-order valence-corrected chi connectivity index (χ1v) is 11.4. The van der Waals surface area contributed by atoms with Gasteiger partial charge in [0.1, 0.15) is 11.0 Å². The molecule has 1 aliphatic rings. The maximum absolute atomic E-state index is 12.8. The van der Waals surface area contributed by atoms with Crippen LogP contribution in [0.4, 0.5) is 0 Å². The summed E-state index contributed by atoms with van der Waals surface area (Å²) in [4.78, 5) is 26.5. The van der Waals surface area contributed by atoms with Crippen molar-refractivity contribution in [2.24, 2.45) is 0 Å². The van der Waals surface area contributed by atoms with E-state index in [1.807, 2.05) is 24.3 Å². The molecule has 0 saturated carbocycles. The number of rotatable bonds is 5. The fraction of sp³-hybridized carbons (Fsp3) is 0.304. The molecule has 5 rings (SSSR count). The first-order chi connectivity index (χ1) is 15.6. The fourth-order valence-electron chi connectivity index (χ4n) is 4.36. The summed E-state index contributed by atoms with van der Waals surface area (Å²) in [6, 6.07) is 9.39. The molecule has 1 aromatic carbocycles. The van der Waals surface area contributed by atoms with Crippen molar-refractivity contribution in [3.8, 4) is 5.69 Å². The standard InChI is InChI=1S/C23H22Cl2N6O/c24-19-11-21(25)27-13-16(19)7-10-30-9-2-4-17(14-30)22-28-23(32)31(29-22)20-5-1-3-15-12-26-8-6-18(15)20/h1,3,5-6,8,11-13,17H,2,4,7,9-10,14H2,(H,28,29,32). The van der Waals surface area contributed by atoms with Crippen molar-refractivity contribution in [3.05, 3.63) is 81.0 Å². The molecule has 1 unspecified atom stereocenters. The minimum absolute atomic E-state index is 0.174. The molecule has 164 valence electrons. The molecular formula is C23H22Cl2N6O. The number of likely N-dealkylation sites (tertiary alicyclic amines) is 1. The minimum atomic E-state index is -0.222. The van der Waals surface area contributed by atoms with Gasteiger partial charge in [-0.3, -0.25) is 9.97 Å². The molecule has 1 fully saturated rings. The lowest BCUT2D eigenvalue weighted by Crippen LogP contribution is -2.36. The van der Waals surface area contributed by atoms with Crippen molar-refractivity contribution in [2.45, 2.75) is 25.2 Å². The van der Waals surface area contributed by atoms with E-state index >= 15 is 0 Å². The summed E-state index contributed by atoms with van der Waals surface area (Å²) in [6.45, 7) is 2.71. The second-order valence-corrected chi connectivity index (χ2v) is 8.88. The number of aromatic amines is 1. The predicted octanol–water partition coefficient (Wildman–Crippen LogP) is 4.23. The predicted molar refractivity (Wildman–Crippen MR) is 126 cm³/mol. The van der Waals surface area contributed by atoms with Crippen LogP contribution in [0.5, 0.6) is 0 Å². The molecule has 0 spiro atoms. The third-order valence-electron chi connectivity index (χ3n) is 6.01. The van der Waals surface area contributed by atoms with E-state index in [0.29, 0.717) is 10.2 Å². The maximum atomic E-state index is 12.8. The molecule has 4 aromatic rings. The van der Waals surface area contributed by atoms with Crippen molar-refractivity contribution in [1.82, 2.24) is 29.6 Å². The smallest absolute Gasteiger partial charge is 0.302 e. The highest BCUT2D eigenvalue weighted by atomic mass is 35.5. The van der Waals surface area contributed by atoms with Gasteiger partial charge in [-0.05, 0) is 49.6 Å². The second-order valence-electron chi connectivity index (χ2n) is 8.09. The molecule has 3 aromatic heterocycles. The number of hydrogen-bond donors (Lipinski definition) is 1. The molecule has 7 nitrogen and oxygen atoms in total. The van der Waals surface area contributed by atoms with Crippen LogP contribution in [-0.4, -0.2) is 49.3 Å². The van der Waals surface area contributed by atoms with Crippen molar-refractivity contribution < 1.29 is 0 Å². The Labute approximate surface area is 195 Å². The zero-order valence-electron chi connectivity index (χ0n) is 17.3. The van der Waals surface area contributed by atoms with E-state index in [9.17, 15) is 4.79 Å². The highest BCUT2D eigenvalue weighted by molar-refractivity contribution is 6.34. The molecule has 1 atom stereocenters. The van der Waals surface area contributed by atoms with Gasteiger partial charge in [0.2, 0.25) is 0 Å². The van der Waals surface area contributed by atoms with E-state index in [2.05, 4.69) is 25.0 Å². The summed E-state index contributed by atoms with van der Waals surface area (Å²) in [5.41, 5.74) is 1.52. The van der Waals surface area contributed by atoms with Crippen molar-refractivity contribution >= 4 is 34.0 Å². The number of aromatic nitrogens is 5. The Morgan fingerprint density at radius 1 is 1.19 bits per heavy atom. The zero-order valence-corrected chi connectivity index (χ0v) is 18.9. The van der Waals surface area contributed by atoms with E-state index in [4.69, 9.17) is 23.2 Å². The minimum Gasteiger partial charge on any atom is -0.302 e. The van der Waals surface area contributed by atoms with Gasteiger partial charge in [-0.2, -0.15) is 4.68 Å². The SMILES string of the molecule is O=c1[nH]c(C2CCCN(CCc3cnc(Cl)cc3Cl)C2)nn1-c1cccc2cnccc12. The Morgan fingerprint density at radius 3 is 2.97 bits per heavy atom. The quantitative estimate of drug-likeness (QED) is 0.443. The summed E-state index contributed by atoms with van der Waals surface area (Å²) >= 11 is 12.2. The summed E-state index contributed by atoms with van der Waals surface area (Å²) in [5, 5.41) is 7.65. The van der Waals surface area contributed by atoms with Crippen LogP contribution in [0.25, 0.3) is 16.5 Å². The number of nitrogens with zero attached hydrogens (tertiary/aromatic N) is 5. The molecule has 0 radical (unpaired) electrons. The molecule has 0 bridgehead atoms. The molecule has 1 aliphatic heterocycles. The van der Waals surface area contributed by atoms with Gasteiger partial charge < -0.3 is 4.90 Å². The Morgan fingerprint density at radius 2 is 2.09 bits per heavy atom. The summed E-state index contributed by atoms with van der Waals surface area (Å²) in [5.74, 6) is 0.908. The largest absolute Gasteiger partial charge is 0.348 e. The maximum Gasteiger partial charge on any atom is 0.348 e. The average Bonchev–Trinajstić information content (AvgIpc) is 3.20. The lowest BCUT2D eigenvalue weighted by Gasteiger charge is -2.31. The van der Waals surface area contributed by atoms with Crippen molar-refractivity contribution in [2.75, 3.05) is 19.6 Å². The fourth-order valence-corrected chi connectivity index (χ4v) is 4.82. The monoisotopic (exact) mass is 468 g/mol. The van der Waals surface area contributed by atoms with Crippen LogP contribution in [0.1, 0.15) is 30.1 Å². The van der Waals surface area contributed by atoms with E-state index < -0.39 is 0 Å². The lowest BCUT2D eigenvalue weighted by atomic mass is 9.97. The van der Waals surface area contributed by atoms with Gasteiger partial charge in [-0.25, -0.2) is 9.78 Å². The van der Waals surface area contributed by atoms with Gasteiger partial charge in [0.25, 0.3) is 0 Å². The molecule has 0 aliphatic carbocycles. The summed E-state index contributed by atoms with van der Waals surface area (Å²) in [7, 11) is 0. The molecule has 1 N–H and O–H groups in total. The van der Waals surface area contributed by atoms with E-state index in [0.717, 1.165) is 66.7 Å². The Bertz CT molecular complexity index is 1310. The summed E-state index contributed by atoms with van der Waals surface area (Å²) < 4.78 is 1.47. The third kappa shape index (κ3) is 4.28. The number of hydrogen-bond acceptors (Lipinski definition) is 5. The van der Waals surface area contributed by atoms with Gasteiger partial charge in [0.05, 0.1) is 5.69 Å². The van der Waals surface area contributed by atoms with Crippen LogP contribution in [0, 0.1) is 0 Å². The van der Waals surface area contributed by atoms with Crippen LogP contribution in [-0.2, 0) is 6.42 Å². The lowest BCUT2D eigenvalue weighted by molar-refractivity contribution is 0.206. The number of fused-ring (bicyclic) bond motifs is 1. The van der Waals surface area contributed by atoms with Crippen molar-refractivity contribution in [3.63, 3.8) is 0 Å². The number of pyridine rings is 2. The highest BCUT2D eigenvalue weighted by Crippen LogP contribution is 2.26. The Balaban J connectivity index is 1.33. The molecule has 9 heteroatoms. The topological polar surface area (TPSA) is 79.7 Å². The van der Waals surface area contributed by atoms with Crippen LogP contribution >= 0.6 is 23.2 Å². The van der Waals surface area contributed by atoms with Crippen LogP contribution < -0.4 is 5.69 Å². The number of benzene rings is 1. The van der Waals surface area contributed by atoms with Gasteiger partial charge in [0.15, 0.2) is 0 Å². The Kier molecular flexibility index (Phi) is 5.95. The van der Waals surface area contributed by atoms with Gasteiger partial charge in [-0.1, -0.05) is 35.3 Å². The normalized spacial score (nSPS) is 17.1. The number of piperidine rings is 1. The van der Waals surface area contributed by atoms with Gasteiger partial charge in [-0.15, -0.1) is 5.10 Å². The second kappa shape index (κ2) is 9.02. The first-order valence-electron chi connectivity index (χ1n) is 10.6. The number of halogens is 2. The third-order valence-corrected chi connectivity index (χ3v) is 6.57. The molecular weight excluding hydrogens is 447 g/mol. The van der Waals surface area contributed by atoms with E-state index in [1.165, 1.54) is 4.68 Å². The molecule has 32 heavy (non-hydrogen) atoms.